The van der Waals surface area contributed by atoms with Gasteiger partial charge in [0.15, 0.2) is 18.6 Å². The third-order valence-corrected chi connectivity index (χ3v) is 6.43. The third kappa shape index (κ3) is 6.22. The summed E-state index contributed by atoms with van der Waals surface area (Å²) in [5, 5.41) is 14.0. The van der Waals surface area contributed by atoms with Crippen molar-refractivity contribution < 1.29 is 23.7 Å². The zero-order valence-corrected chi connectivity index (χ0v) is 22.2. The van der Waals surface area contributed by atoms with Crippen LogP contribution in [-0.4, -0.2) is 51.4 Å². The predicted molar refractivity (Wildman–Crippen MR) is 145 cm³/mol. The Labute approximate surface area is 237 Å². The van der Waals surface area contributed by atoms with Crippen LogP contribution in [0.2, 0.25) is 10.2 Å². The first-order valence-corrected chi connectivity index (χ1v) is 12.7. The number of carbonyl (C=O) groups is 2. The van der Waals surface area contributed by atoms with Crippen LogP contribution in [0, 0.1) is 5.82 Å². The summed E-state index contributed by atoms with van der Waals surface area (Å²) >= 11 is 12.2. The van der Waals surface area contributed by atoms with Crippen LogP contribution in [0.15, 0.2) is 72.9 Å². The summed E-state index contributed by atoms with van der Waals surface area (Å²) in [7, 11) is 0. The number of amides is 2. The molecule has 0 saturated carbocycles. The van der Waals surface area contributed by atoms with E-state index >= 15 is 0 Å². The minimum Gasteiger partial charge on any atom is -0.366 e. The monoisotopic (exact) mass is 585 g/mol. The van der Waals surface area contributed by atoms with E-state index < -0.39 is 23.7 Å². The normalized spacial score (nSPS) is 14.6. The molecule has 0 aliphatic carbocycles. The molecule has 206 valence electrons. The smallest absolute Gasteiger partial charge is 0.251 e. The Morgan fingerprint density at radius 3 is 2.48 bits per heavy atom. The highest BCUT2D eigenvalue weighted by Gasteiger charge is 2.33. The maximum absolute atomic E-state index is 14.3. The fraction of sp³-hybridized carbons (Fsp3) is 0.154. The quantitative estimate of drug-likeness (QED) is 0.318. The molecule has 0 bridgehead atoms. The van der Waals surface area contributed by atoms with Gasteiger partial charge in [-0.25, -0.2) is 14.1 Å². The molecule has 1 aromatic heterocycles. The maximum atomic E-state index is 14.3. The fourth-order valence-corrected chi connectivity index (χ4v) is 4.37. The predicted octanol–water partition coefficient (Wildman–Crippen LogP) is 3.96. The number of hydrogen-bond acceptors (Lipinski definition) is 8. The largest absolute Gasteiger partial charge is 0.366 e. The molecule has 1 aliphatic heterocycles. The van der Waals surface area contributed by atoms with Crippen molar-refractivity contribution in [2.45, 2.75) is 12.5 Å². The van der Waals surface area contributed by atoms with Gasteiger partial charge in [-0.1, -0.05) is 58.7 Å². The van der Waals surface area contributed by atoms with E-state index in [0.717, 1.165) is 11.6 Å². The number of anilines is 2. The van der Waals surface area contributed by atoms with Crippen LogP contribution in [0.5, 0.6) is 0 Å². The SMILES string of the molecule is NC(=O)c1ccc(NC(=O)[C@H](Cc2ccccc2)N2CON(c3cc(Cl)ccc3-n3cc(Cl)nn3)CO2)cc1F. The Morgan fingerprint density at radius 1 is 1.02 bits per heavy atom. The summed E-state index contributed by atoms with van der Waals surface area (Å²) in [4.78, 5) is 36.7. The highest BCUT2D eigenvalue weighted by atomic mass is 35.5. The van der Waals surface area contributed by atoms with Crippen LogP contribution in [0.25, 0.3) is 5.69 Å². The molecule has 0 unspecified atom stereocenters. The molecule has 1 aliphatic rings. The van der Waals surface area contributed by atoms with Gasteiger partial charge >= 0.3 is 0 Å². The Hall–Kier alpha value is -4.07. The number of nitrogens with two attached hydrogens (primary N) is 1. The van der Waals surface area contributed by atoms with Crippen LogP contribution in [-0.2, 0) is 20.9 Å². The van der Waals surface area contributed by atoms with Crippen molar-refractivity contribution in [2.75, 3.05) is 23.8 Å². The molecule has 40 heavy (non-hydrogen) atoms. The van der Waals surface area contributed by atoms with Crippen LogP contribution >= 0.6 is 23.2 Å². The fourth-order valence-electron chi connectivity index (χ4n) is 4.08. The lowest BCUT2D eigenvalue weighted by Crippen LogP contribution is -2.52. The highest BCUT2D eigenvalue weighted by Crippen LogP contribution is 2.30. The average Bonchev–Trinajstić information content (AvgIpc) is 3.38. The molecular weight excluding hydrogens is 564 g/mol. The van der Waals surface area contributed by atoms with Crippen LogP contribution in [0.1, 0.15) is 15.9 Å². The maximum Gasteiger partial charge on any atom is 0.251 e. The minimum atomic E-state index is -0.907. The number of benzene rings is 3. The summed E-state index contributed by atoms with van der Waals surface area (Å²) in [5.74, 6) is -2.23. The average molecular weight is 586 g/mol. The number of nitrogens with zero attached hydrogens (tertiary/aromatic N) is 5. The van der Waals surface area contributed by atoms with Crippen LogP contribution < -0.4 is 16.1 Å². The first kappa shape index (κ1) is 27.5. The molecule has 5 rings (SSSR count). The van der Waals surface area contributed by atoms with Crippen molar-refractivity contribution >= 4 is 46.4 Å². The molecule has 1 fully saturated rings. The molecule has 3 N–H and O–H groups in total. The van der Waals surface area contributed by atoms with E-state index in [4.69, 9.17) is 38.6 Å². The number of carbonyl (C=O) groups excluding carboxylic acids is 2. The van der Waals surface area contributed by atoms with Gasteiger partial charge in [0.25, 0.3) is 5.91 Å². The number of hydrogen-bond donors (Lipinski definition) is 2. The minimum absolute atomic E-state index is 0.101. The Kier molecular flexibility index (Phi) is 8.24. The van der Waals surface area contributed by atoms with E-state index in [9.17, 15) is 14.0 Å². The molecule has 0 spiro atoms. The number of primary amides is 1. The second-order valence-electron chi connectivity index (χ2n) is 8.68. The molecule has 1 saturated heterocycles. The topological polar surface area (TPSA) is 128 Å². The van der Waals surface area contributed by atoms with Crippen molar-refractivity contribution in [3.63, 3.8) is 0 Å². The molecule has 4 aromatic rings. The van der Waals surface area contributed by atoms with Crippen molar-refractivity contribution in [3.8, 4) is 5.69 Å². The summed E-state index contributed by atoms with van der Waals surface area (Å²) < 4.78 is 15.8. The highest BCUT2D eigenvalue weighted by molar-refractivity contribution is 6.31. The van der Waals surface area contributed by atoms with E-state index in [0.29, 0.717) is 16.4 Å². The van der Waals surface area contributed by atoms with Gasteiger partial charge in [-0.3, -0.25) is 19.3 Å². The molecular formula is C26H22Cl2FN7O4. The van der Waals surface area contributed by atoms with Gasteiger partial charge in [0, 0.05) is 10.7 Å². The first-order valence-electron chi connectivity index (χ1n) is 11.9. The van der Waals surface area contributed by atoms with Gasteiger partial charge in [-0.15, -0.1) is 10.2 Å². The molecule has 0 radical (unpaired) electrons. The summed E-state index contributed by atoms with van der Waals surface area (Å²) in [5.41, 5.74) is 7.03. The summed E-state index contributed by atoms with van der Waals surface area (Å²) in [6, 6.07) is 17.2. The molecule has 2 heterocycles. The lowest BCUT2D eigenvalue weighted by molar-refractivity contribution is -0.279. The molecule has 11 nitrogen and oxygen atoms in total. The van der Waals surface area contributed by atoms with Gasteiger partial charge < -0.3 is 11.1 Å². The van der Waals surface area contributed by atoms with Gasteiger partial charge in [0.1, 0.15) is 11.9 Å². The van der Waals surface area contributed by atoms with Crippen LogP contribution in [0.4, 0.5) is 15.8 Å². The summed E-state index contributed by atoms with van der Waals surface area (Å²) in [6.45, 7) is -0.236. The van der Waals surface area contributed by atoms with E-state index in [1.807, 2.05) is 30.3 Å². The zero-order valence-electron chi connectivity index (χ0n) is 20.7. The number of hydroxylamine groups is 3. The number of halogens is 3. The Balaban J connectivity index is 1.35. The standard InChI is InChI=1S/C26H22Cl2FN7O4/c27-17-6-9-21(34-13-24(28)32-33-34)22(11-17)35-14-40-36(15-39-35)23(10-16-4-2-1-3-5-16)26(38)31-18-7-8-19(25(30)37)20(29)12-18/h1-9,11-13,23H,10,14-15H2,(H2,30,37)(H,31,38)/t23-/m0/s1. The lowest BCUT2D eigenvalue weighted by atomic mass is 10.0. The second-order valence-corrected chi connectivity index (χ2v) is 9.51. The number of nitrogens with one attached hydrogen (secondary N) is 1. The lowest BCUT2D eigenvalue weighted by Gasteiger charge is -2.38. The van der Waals surface area contributed by atoms with Crippen molar-refractivity contribution in [1.82, 2.24) is 20.1 Å². The van der Waals surface area contributed by atoms with Gasteiger partial charge in [-0.2, -0.15) is 0 Å². The van der Waals surface area contributed by atoms with Gasteiger partial charge in [0.05, 0.1) is 23.1 Å². The number of rotatable bonds is 8. The van der Waals surface area contributed by atoms with Gasteiger partial charge in [-0.05, 0) is 48.4 Å². The van der Waals surface area contributed by atoms with Crippen LogP contribution in [0.3, 0.4) is 0 Å². The van der Waals surface area contributed by atoms with E-state index in [1.165, 1.54) is 33.1 Å². The van der Waals surface area contributed by atoms with E-state index in [-0.39, 0.29) is 36.3 Å². The van der Waals surface area contributed by atoms with Crippen molar-refractivity contribution in [1.29, 1.82) is 0 Å². The van der Waals surface area contributed by atoms with E-state index in [2.05, 4.69) is 15.6 Å². The summed E-state index contributed by atoms with van der Waals surface area (Å²) in [6.07, 6.45) is 1.79. The van der Waals surface area contributed by atoms with E-state index in [1.54, 1.807) is 18.2 Å². The second kappa shape index (κ2) is 12.0. The van der Waals surface area contributed by atoms with Gasteiger partial charge in [0.2, 0.25) is 5.91 Å². The molecule has 14 heteroatoms. The number of aromatic nitrogens is 3. The molecule has 2 amide bonds. The molecule has 1 atom stereocenters. The molecule has 3 aromatic carbocycles. The Morgan fingerprint density at radius 2 is 1.82 bits per heavy atom. The van der Waals surface area contributed by atoms with Crippen molar-refractivity contribution in [2.24, 2.45) is 5.73 Å². The van der Waals surface area contributed by atoms with Crippen molar-refractivity contribution in [3.05, 3.63) is 100 Å². The zero-order chi connectivity index (χ0) is 28.2. The third-order valence-electron chi connectivity index (χ3n) is 6.02. The first-order chi connectivity index (χ1) is 19.3. The Bertz CT molecular complexity index is 1530.